The van der Waals surface area contributed by atoms with Gasteiger partial charge in [-0.3, -0.25) is 9.59 Å². The predicted octanol–water partition coefficient (Wildman–Crippen LogP) is 2.69. The molecule has 0 unspecified atom stereocenters. The number of carbonyl (C=O) groups is 2. The Morgan fingerprint density at radius 3 is 2.39 bits per heavy atom. The molecule has 1 aromatic heterocycles. The molecular formula is C17H28N4O2. The van der Waals surface area contributed by atoms with Gasteiger partial charge in [0.25, 0.3) is 0 Å². The fraction of sp³-hybridized carbons (Fsp3) is 0.706. The molecule has 1 N–H and O–H groups in total. The third-order valence-electron chi connectivity index (χ3n) is 4.21. The zero-order chi connectivity index (χ0) is 17.2. The number of piperidine rings is 1. The molecule has 1 fully saturated rings. The van der Waals surface area contributed by atoms with E-state index in [4.69, 9.17) is 0 Å². The Bertz CT molecular complexity index is 563. The third-order valence-corrected chi connectivity index (χ3v) is 4.21. The normalized spacial score (nSPS) is 16.7. The van der Waals surface area contributed by atoms with E-state index in [0.29, 0.717) is 25.9 Å². The molecule has 6 heteroatoms. The quantitative estimate of drug-likeness (QED) is 0.931. The first kappa shape index (κ1) is 17.5. The van der Waals surface area contributed by atoms with E-state index in [-0.39, 0.29) is 29.2 Å². The van der Waals surface area contributed by atoms with Gasteiger partial charge in [0.05, 0.1) is 6.20 Å². The van der Waals surface area contributed by atoms with Gasteiger partial charge in [0.2, 0.25) is 11.8 Å². The van der Waals surface area contributed by atoms with Crippen molar-refractivity contribution < 1.29 is 9.59 Å². The summed E-state index contributed by atoms with van der Waals surface area (Å²) in [6, 6.07) is 2.02. The molecule has 2 amide bonds. The highest BCUT2D eigenvalue weighted by Gasteiger charge is 2.32. The Hall–Kier alpha value is -1.85. The molecular weight excluding hydrogens is 292 g/mol. The van der Waals surface area contributed by atoms with Crippen LogP contribution < -0.4 is 5.32 Å². The lowest BCUT2D eigenvalue weighted by Crippen LogP contribution is -2.45. The van der Waals surface area contributed by atoms with Crippen molar-refractivity contribution in [1.29, 1.82) is 0 Å². The standard InChI is InChI=1S/C17H28N4O2/c1-12(2)21-14(6-9-18-21)19-15(22)13-7-10-20(11-8-13)16(23)17(3,4)5/h6,9,12-13H,7-8,10-11H2,1-5H3,(H,19,22). The minimum atomic E-state index is -0.362. The number of nitrogens with one attached hydrogen (secondary N) is 1. The van der Waals surface area contributed by atoms with Gasteiger partial charge < -0.3 is 10.2 Å². The van der Waals surface area contributed by atoms with E-state index < -0.39 is 0 Å². The van der Waals surface area contributed by atoms with Crippen LogP contribution in [0.4, 0.5) is 5.82 Å². The zero-order valence-corrected chi connectivity index (χ0v) is 14.8. The topological polar surface area (TPSA) is 67.2 Å². The Balaban J connectivity index is 1.91. The summed E-state index contributed by atoms with van der Waals surface area (Å²) in [6.45, 7) is 11.2. The summed E-state index contributed by atoms with van der Waals surface area (Å²) in [5.41, 5.74) is -0.362. The predicted molar refractivity (Wildman–Crippen MR) is 90.0 cm³/mol. The molecule has 2 rings (SSSR count). The van der Waals surface area contributed by atoms with E-state index in [1.807, 2.05) is 45.6 Å². The number of carbonyl (C=O) groups excluding carboxylic acids is 2. The van der Waals surface area contributed by atoms with Crippen molar-refractivity contribution in [2.75, 3.05) is 18.4 Å². The Labute approximate surface area is 138 Å². The smallest absolute Gasteiger partial charge is 0.228 e. The van der Waals surface area contributed by atoms with Gasteiger partial charge in [-0.15, -0.1) is 0 Å². The molecule has 23 heavy (non-hydrogen) atoms. The van der Waals surface area contributed by atoms with Gasteiger partial charge in [0, 0.05) is 36.5 Å². The number of rotatable bonds is 3. The van der Waals surface area contributed by atoms with E-state index in [2.05, 4.69) is 10.4 Å². The zero-order valence-electron chi connectivity index (χ0n) is 14.8. The van der Waals surface area contributed by atoms with Crippen LogP contribution in [0.3, 0.4) is 0 Å². The van der Waals surface area contributed by atoms with Crippen LogP contribution in [0.25, 0.3) is 0 Å². The van der Waals surface area contributed by atoms with E-state index in [1.165, 1.54) is 0 Å². The fourth-order valence-electron chi connectivity index (χ4n) is 2.87. The molecule has 0 atom stereocenters. The number of likely N-dealkylation sites (tertiary alicyclic amines) is 1. The van der Waals surface area contributed by atoms with Crippen LogP contribution in [-0.2, 0) is 9.59 Å². The van der Waals surface area contributed by atoms with E-state index >= 15 is 0 Å². The summed E-state index contributed by atoms with van der Waals surface area (Å²) < 4.78 is 1.80. The van der Waals surface area contributed by atoms with Gasteiger partial charge in [-0.2, -0.15) is 5.10 Å². The average molecular weight is 320 g/mol. The van der Waals surface area contributed by atoms with Gasteiger partial charge in [0.1, 0.15) is 5.82 Å². The minimum absolute atomic E-state index is 0.0234. The number of hydrogen-bond acceptors (Lipinski definition) is 3. The van der Waals surface area contributed by atoms with E-state index in [1.54, 1.807) is 10.9 Å². The van der Waals surface area contributed by atoms with Gasteiger partial charge in [0.15, 0.2) is 0 Å². The van der Waals surface area contributed by atoms with Gasteiger partial charge in [-0.25, -0.2) is 4.68 Å². The van der Waals surface area contributed by atoms with E-state index in [9.17, 15) is 9.59 Å². The van der Waals surface area contributed by atoms with Crippen molar-refractivity contribution in [3.8, 4) is 0 Å². The van der Waals surface area contributed by atoms with Crippen molar-refractivity contribution in [1.82, 2.24) is 14.7 Å². The first-order valence-electron chi connectivity index (χ1n) is 8.34. The molecule has 1 aliphatic rings. The number of amides is 2. The summed E-state index contributed by atoms with van der Waals surface area (Å²) in [4.78, 5) is 26.6. The number of nitrogens with zero attached hydrogens (tertiary/aromatic N) is 3. The number of hydrogen-bond donors (Lipinski definition) is 1. The third kappa shape index (κ3) is 4.12. The molecule has 6 nitrogen and oxygen atoms in total. The van der Waals surface area contributed by atoms with Crippen molar-refractivity contribution in [2.24, 2.45) is 11.3 Å². The number of anilines is 1. The Morgan fingerprint density at radius 1 is 1.26 bits per heavy atom. The average Bonchev–Trinajstić information content (AvgIpc) is 2.94. The van der Waals surface area contributed by atoms with Gasteiger partial charge in [-0.1, -0.05) is 20.8 Å². The SMILES string of the molecule is CC(C)n1nccc1NC(=O)C1CCN(C(=O)C(C)(C)C)CC1. The minimum Gasteiger partial charge on any atom is -0.342 e. The molecule has 0 aliphatic carbocycles. The molecule has 0 aromatic carbocycles. The second-order valence-corrected chi connectivity index (χ2v) is 7.56. The highest BCUT2D eigenvalue weighted by atomic mass is 16.2. The van der Waals surface area contributed by atoms with E-state index in [0.717, 1.165) is 5.82 Å². The monoisotopic (exact) mass is 320 g/mol. The van der Waals surface area contributed by atoms with Crippen LogP contribution >= 0.6 is 0 Å². The molecule has 0 saturated carbocycles. The molecule has 0 spiro atoms. The molecule has 1 aromatic rings. The maximum Gasteiger partial charge on any atom is 0.228 e. The number of aromatic nitrogens is 2. The van der Waals surface area contributed by atoms with Crippen LogP contribution in [0.2, 0.25) is 0 Å². The van der Waals surface area contributed by atoms with Crippen LogP contribution in [0.1, 0.15) is 53.5 Å². The van der Waals surface area contributed by atoms with Crippen LogP contribution in [-0.4, -0.2) is 39.6 Å². The lowest BCUT2D eigenvalue weighted by Gasteiger charge is -2.35. The van der Waals surface area contributed by atoms with Crippen molar-refractivity contribution in [3.05, 3.63) is 12.3 Å². The first-order valence-corrected chi connectivity index (χ1v) is 8.34. The summed E-state index contributed by atoms with van der Waals surface area (Å²) in [7, 11) is 0. The Kier molecular flexibility index (Phi) is 5.12. The molecule has 1 saturated heterocycles. The van der Waals surface area contributed by atoms with Gasteiger partial charge in [-0.05, 0) is 26.7 Å². The lowest BCUT2D eigenvalue weighted by atomic mass is 9.90. The summed E-state index contributed by atoms with van der Waals surface area (Å²) in [6.07, 6.45) is 3.12. The molecule has 0 radical (unpaired) electrons. The molecule has 128 valence electrons. The van der Waals surface area contributed by atoms with Crippen LogP contribution in [0.5, 0.6) is 0 Å². The highest BCUT2D eigenvalue weighted by molar-refractivity contribution is 5.92. The highest BCUT2D eigenvalue weighted by Crippen LogP contribution is 2.24. The summed E-state index contributed by atoms with van der Waals surface area (Å²) in [5, 5.41) is 7.20. The maximum atomic E-state index is 12.5. The summed E-state index contributed by atoms with van der Waals surface area (Å²) >= 11 is 0. The van der Waals surface area contributed by atoms with Gasteiger partial charge >= 0.3 is 0 Å². The van der Waals surface area contributed by atoms with Crippen LogP contribution in [0.15, 0.2) is 12.3 Å². The van der Waals surface area contributed by atoms with Crippen molar-refractivity contribution in [2.45, 2.75) is 53.5 Å². The summed E-state index contributed by atoms with van der Waals surface area (Å²) in [5.74, 6) is 0.872. The molecule has 2 heterocycles. The van der Waals surface area contributed by atoms with Crippen molar-refractivity contribution >= 4 is 17.6 Å². The second kappa shape index (κ2) is 6.72. The largest absolute Gasteiger partial charge is 0.342 e. The fourth-order valence-corrected chi connectivity index (χ4v) is 2.87. The lowest BCUT2D eigenvalue weighted by molar-refractivity contribution is -0.142. The molecule has 1 aliphatic heterocycles. The molecule has 0 bridgehead atoms. The maximum absolute atomic E-state index is 12.5. The second-order valence-electron chi connectivity index (χ2n) is 7.56. The Morgan fingerprint density at radius 2 is 1.87 bits per heavy atom. The first-order chi connectivity index (χ1) is 10.7. The van der Waals surface area contributed by atoms with Crippen LogP contribution in [0, 0.1) is 11.3 Å². The van der Waals surface area contributed by atoms with Crippen molar-refractivity contribution in [3.63, 3.8) is 0 Å².